The maximum absolute atomic E-state index is 12.7. The zero-order valence-corrected chi connectivity index (χ0v) is 16.6. The van der Waals surface area contributed by atoms with Gasteiger partial charge in [0.1, 0.15) is 5.82 Å². The maximum atomic E-state index is 12.7. The molecule has 0 bridgehead atoms. The van der Waals surface area contributed by atoms with E-state index in [1.54, 1.807) is 0 Å². The molecule has 0 saturated carbocycles. The van der Waals surface area contributed by atoms with Crippen LogP contribution in [0.15, 0.2) is 48.7 Å². The smallest absolute Gasteiger partial charge is 0.236 e. The first-order chi connectivity index (χ1) is 13.6. The van der Waals surface area contributed by atoms with Crippen molar-refractivity contribution in [2.75, 3.05) is 26.7 Å². The van der Waals surface area contributed by atoms with Crippen molar-refractivity contribution in [3.05, 3.63) is 65.6 Å². The summed E-state index contributed by atoms with van der Waals surface area (Å²) in [6.45, 7) is 5.06. The van der Waals surface area contributed by atoms with Gasteiger partial charge in [-0.15, -0.1) is 10.2 Å². The number of aryl methyl sites for hydroxylation is 1. The predicted molar refractivity (Wildman–Crippen MR) is 109 cm³/mol. The summed E-state index contributed by atoms with van der Waals surface area (Å²) in [7, 11) is 1.89. The number of aromatic nitrogens is 3. The Morgan fingerprint density at radius 3 is 2.64 bits per heavy atom. The second kappa shape index (κ2) is 8.10. The first-order valence-corrected chi connectivity index (χ1v) is 9.92. The van der Waals surface area contributed by atoms with Gasteiger partial charge in [-0.05, 0) is 56.1 Å². The van der Waals surface area contributed by atoms with Crippen LogP contribution in [0.4, 0.5) is 0 Å². The molecule has 2 aromatic heterocycles. The lowest BCUT2D eigenvalue weighted by Gasteiger charge is -2.32. The van der Waals surface area contributed by atoms with Crippen molar-refractivity contribution in [3.8, 4) is 0 Å². The molecule has 1 aliphatic heterocycles. The lowest BCUT2D eigenvalue weighted by Crippen LogP contribution is -2.41. The summed E-state index contributed by atoms with van der Waals surface area (Å²) < 4.78 is 2.08. The standard InChI is InChI=1S/C22H27N5O/c1-17-7-3-4-8-19(17)15-25(2)21(28)16-26-13-10-18(11-14-26)22-24-23-20-9-5-6-12-27(20)22/h3-9,12,18H,10-11,13-16H2,1-2H3. The largest absolute Gasteiger partial charge is 0.340 e. The lowest BCUT2D eigenvalue weighted by molar-refractivity contribution is -0.131. The lowest BCUT2D eigenvalue weighted by atomic mass is 9.96. The summed E-state index contributed by atoms with van der Waals surface area (Å²) in [5.74, 6) is 1.61. The minimum atomic E-state index is 0.176. The van der Waals surface area contributed by atoms with Crippen LogP contribution in [0.25, 0.3) is 5.65 Å². The molecule has 6 heteroatoms. The molecule has 28 heavy (non-hydrogen) atoms. The van der Waals surface area contributed by atoms with Crippen LogP contribution in [-0.2, 0) is 11.3 Å². The number of likely N-dealkylation sites (tertiary alicyclic amines) is 1. The van der Waals surface area contributed by atoms with Crippen LogP contribution in [0.1, 0.15) is 35.7 Å². The quantitative estimate of drug-likeness (QED) is 0.686. The van der Waals surface area contributed by atoms with Gasteiger partial charge >= 0.3 is 0 Å². The minimum Gasteiger partial charge on any atom is -0.340 e. The molecule has 1 aromatic carbocycles. The van der Waals surface area contributed by atoms with Crippen LogP contribution < -0.4 is 0 Å². The number of hydrogen-bond acceptors (Lipinski definition) is 4. The average molecular weight is 377 g/mol. The van der Waals surface area contributed by atoms with Crippen LogP contribution in [0.5, 0.6) is 0 Å². The second-order valence-corrected chi connectivity index (χ2v) is 7.71. The molecule has 4 rings (SSSR count). The van der Waals surface area contributed by atoms with Crippen molar-refractivity contribution in [2.45, 2.75) is 32.2 Å². The monoisotopic (exact) mass is 377 g/mol. The molecule has 1 fully saturated rings. The van der Waals surface area contributed by atoms with E-state index >= 15 is 0 Å². The summed E-state index contributed by atoms with van der Waals surface area (Å²) in [6, 6.07) is 14.2. The Balaban J connectivity index is 1.31. The molecule has 0 unspecified atom stereocenters. The van der Waals surface area contributed by atoms with E-state index in [4.69, 9.17) is 0 Å². The summed E-state index contributed by atoms with van der Waals surface area (Å²) in [4.78, 5) is 16.8. The van der Waals surface area contributed by atoms with Crippen molar-refractivity contribution in [1.82, 2.24) is 24.4 Å². The van der Waals surface area contributed by atoms with Crippen molar-refractivity contribution < 1.29 is 4.79 Å². The molecule has 3 heterocycles. The third-order valence-corrected chi connectivity index (χ3v) is 5.75. The molecule has 146 valence electrons. The highest BCUT2D eigenvalue weighted by Gasteiger charge is 2.26. The van der Waals surface area contributed by atoms with Crippen molar-refractivity contribution in [2.24, 2.45) is 0 Å². The van der Waals surface area contributed by atoms with Gasteiger partial charge in [0.05, 0.1) is 6.54 Å². The topological polar surface area (TPSA) is 53.7 Å². The zero-order chi connectivity index (χ0) is 19.5. The van der Waals surface area contributed by atoms with Crippen LogP contribution in [0.2, 0.25) is 0 Å². The summed E-state index contributed by atoms with van der Waals surface area (Å²) >= 11 is 0. The van der Waals surface area contributed by atoms with E-state index in [0.717, 1.165) is 37.4 Å². The number of nitrogens with zero attached hydrogens (tertiary/aromatic N) is 5. The van der Waals surface area contributed by atoms with Crippen molar-refractivity contribution in [3.63, 3.8) is 0 Å². The van der Waals surface area contributed by atoms with Crippen LogP contribution in [-0.4, -0.2) is 57.0 Å². The van der Waals surface area contributed by atoms with Gasteiger partial charge in [0, 0.05) is 25.7 Å². The molecule has 0 aliphatic carbocycles. The van der Waals surface area contributed by atoms with Crippen LogP contribution >= 0.6 is 0 Å². The Morgan fingerprint density at radius 2 is 1.86 bits per heavy atom. The molecule has 1 amide bonds. The highest BCUT2D eigenvalue weighted by Crippen LogP contribution is 2.27. The van der Waals surface area contributed by atoms with Crippen LogP contribution in [0.3, 0.4) is 0 Å². The maximum Gasteiger partial charge on any atom is 0.236 e. The molecule has 6 nitrogen and oxygen atoms in total. The Bertz CT molecular complexity index is 958. The summed E-state index contributed by atoms with van der Waals surface area (Å²) in [5.41, 5.74) is 3.33. The van der Waals surface area contributed by atoms with Gasteiger partial charge in [-0.2, -0.15) is 0 Å². The van der Waals surface area contributed by atoms with Crippen LogP contribution in [0, 0.1) is 6.92 Å². The Kier molecular flexibility index (Phi) is 5.39. The number of pyridine rings is 1. The number of carbonyl (C=O) groups excluding carboxylic acids is 1. The minimum absolute atomic E-state index is 0.176. The van der Waals surface area contributed by atoms with E-state index in [0.29, 0.717) is 19.0 Å². The van der Waals surface area contributed by atoms with Gasteiger partial charge in [-0.1, -0.05) is 30.3 Å². The molecule has 1 aliphatic rings. The molecular weight excluding hydrogens is 350 g/mol. The number of piperidine rings is 1. The number of benzene rings is 1. The average Bonchev–Trinajstić information content (AvgIpc) is 3.14. The summed E-state index contributed by atoms with van der Waals surface area (Å²) in [5, 5.41) is 8.68. The number of rotatable bonds is 5. The SMILES string of the molecule is Cc1ccccc1CN(C)C(=O)CN1CCC(c2nnc3ccccn23)CC1. The first kappa shape index (κ1) is 18.6. The van der Waals surface area contributed by atoms with Gasteiger partial charge in [0.2, 0.25) is 5.91 Å². The van der Waals surface area contributed by atoms with Gasteiger partial charge in [-0.3, -0.25) is 14.1 Å². The number of likely N-dealkylation sites (N-methyl/N-ethyl adjacent to an activating group) is 1. The summed E-state index contributed by atoms with van der Waals surface area (Å²) in [6.07, 6.45) is 4.04. The van der Waals surface area contributed by atoms with E-state index in [-0.39, 0.29) is 5.91 Å². The van der Waals surface area contributed by atoms with Crippen molar-refractivity contribution in [1.29, 1.82) is 0 Å². The van der Waals surface area contributed by atoms with E-state index < -0.39 is 0 Å². The van der Waals surface area contributed by atoms with Gasteiger partial charge in [0.25, 0.3) is 0 Å². The van der Waals surface area contributed by atoms with E-state index in [1.165, 1.54) is 11.1 Å². The third-order valence-electron chi connectivity index (χ3n) is 5.75. The van der Waals surface area contributed by atoms with E-state index in [1.807, 2.05) is 48.5 Å². The number of carbonyl (C=O) groups is 1. The first-order valence-electron chi connectivity index (χ1n) is 9.92. The Labute approximate surface area is 165 Å². The van der Waals surface area contributed by atoms with Gasteiger partial charge < -0.3 is 4.90 Å². The molecular formula is C22H27N5O. The van der Waals surface area contributed by atoms with Crippen molar-refractivity contribution >= 4 is 11.6 Å². The molecule has 0 radical (unpaired) electrons. The highest BCUT2D eigenvalue weighted by atomic mass is 16.2. The fourth-order valence-electron chi connectivity index (χ4n) is 3.93. The number of amides is 1. The highest BCUT2D eigenvalue weighted by molar-refractivity contribution is 5.78. The fraction of sp³-hybridized carbons (Fsp3) is 0.409. The van der Waals surface area contributed by atoms with E-state index in [9.17, 15) is 4.79 Å². The predicted octanol–water partition coefficient (Wildman–Crippen LogP) is 2.88. The van der Waals surface area contributed by atoms with E-state index in [2.05, 4.69) is 38.6 Å². The molecule has 0 spiro atoms. The number of fused-ring (bicyclic) bond motifs is 1. The Hall–Kier alpha value is -2.73. The molecule has 1 saturated heterocycles. The zero-order valence-electron chi connectivity index (χ0n) is 16.6. The van der Waals surface area contributed by atoms with Gasteiger partial charge in [-0.25, -0.2) is 0 Å². The Morgan fingerprint density at radius 1 is 1.11 bits per heavy atom. The fourth-order valence-corrected chi connectivity index (χ4v) is 3.93. The molecule has 0 atom stereocenters. The number of hydrogen-bond donors (Lipinski definition) is 0. The molecule has 0 N–H and O–H groups in total. The van der Waals surface area contributed by atoms with Gasteiger partial charge in [0.15, 0.2) is 5.65 Å². The third kappa shape index (κ3) is 3.92. The molecule has 3 aromatic rings. The second-order valence-electron chi connectivity index (χ2n) is 7.71. The normalized spacial score (nSPS) is 15.8.